The normalized spacial score (nSPS) is 9.79. The number of ether oxygens (including phenoxy) is 1. The van der Waals surface area contributed by atoms with Gasteiger partial charge in [0.25, 0.3) is 0 Å². The highest BCUT2D eigenvalue weighted by Gasteiger charge is 1.97. The Morgan fingerprint density at radius 2 is 2.07 bits per heavy atom. The molecule has 75 valence electrons. The van der Waals surface area contributed by atoms with Crippen LogP contribution < -0.4 is 4.74 Å². The summed E-state index contributed by atoms with van der Waals surface area (Å²) in [5.74, 6) is 0.881. The van der Waals surface area contributed by atoms with Crippen LogP contribution in [0.4, 0.5) is 0 Å². The molecular formula is C13H17O. The molecule has 0 aromatic heterocycles. The van der Waals surface area contributed by atoms with Gasteiger partial charge in [-0.15, -0.1) is 0 Å². The fourth-order valence-electron chi connectivity index (χ4n) is 1.28. The largest absolute Gasteiger partial charge is 0.493 e. The summed E-state index contributed by atoms with van der Waals surface area (Å²) < 4.78 is 5.62. The van der Waals surface area contributed by atoms with Crippen molar-refractivity contribution in [2.45, 2.75) is 26.2 Å². The van der Waals surface area contributed by atoms with Crippen LogP contribution in [-0.2, 0) is 0 Å². The van der Waals surface area contributed by atoms with Crippen LogP contribution in [0.5, 0.6) is 5.75 Å². The molecule has 0 heterocycles. The number of para-hydroxylation sites is 1. The summed E-state index contributed by atoms with van der Waals surface area (Å²) in [6.45, 7) is 8.43. The van der Waals surface area contributed by atoms with Crippen LogP contribution in [0.15, 0.2) is 24.3 Å². The second-order valence-electron chi connectivity index (χ2n) is 3.26. The van der Waals surface area contributed by atoms with Crippen molar-refractivity contribution >= 4 is 6.08 Å². The Bertz CT molecular complexity index is 278. The third-order valence-corrected chi connectivity index (χ3v) is 2.10. The lowest BCUT2D eigenvalue weighted by Crippen LogP contribution is -1.98. The Labute approximate surface area is 86.4 Å². The van der Waals surface area contributed by atoms with Gasteiger partial charge in [0.15, 0.2) is 0 Å². The van der Waals surface area contributed by atoms with Crippen molar-refractivity contribution in [1.82, 2.24) is 0 Å². The van der Waals surface area contributed by atoms with E-state index in [2.05, 4.69) is 6.92 Å². The van der Waals surface area contributed by atoms with Gasteiger partial charge in [-0.1, -0.05) is 50.6 Å². The van der Waals surface area contributed by atoms with Gasteiger partial charge >= 0.3 is 0 Å². The van der Waals surface area contributed by atoms with Gasteiger partial charge in [0.2, 0.25) is 0 Å². The lowest BCUT2D eigenvalue weighted by molar-refractivity contribution is 0.305. The first-order valence-corrected chi connectivity index (χ1v) is 5.15. The molecule has 0 N–H and O–H groups in total. The highest BCUT2D eigenvalue weighted by Crippen LogP contribution is 2.18. The van der Waals surface area contributed by atoms with Crippen LogP contribution in [0.3, 0.4) is 0 Å². The van der Waals surface area contributed by atoms with Gasteiger partial charge in [0.05, 0.1) is 6.61 Å². The van der Waals surface area contributed by atoms with Crippen LogP contribution in [-0.4, -0.2) is 6.61 Å². The molecule has 0 aliphatic rings. The summed E-state index contributed by atoms with van der Waals surface area (Å²) in [6, 6.07) is 7.82. The minimum Gasteiger partial charge on any atom is -0.493 e. The minimum absolute atomic E-state index is 0.776. The molecule has 0 fully saturated rings. The molecule has 1 radical (unpaired) electrons. The molecule has 1 rings (SSSR count). The van der Waals surface area contributed by atoms with Crippen LogP contribution in [0.1, 0.15) is 31.7 Å². The van der Waals surface area contributed by atoms with Crippen molar-refractivity contribution in [3.63, 3.8) is 0 Å². The van der Waals surface area contributed by atoms with Crippen molar-refractivity contribution < 1.29 is 4.74 Å². The molecule has 1 aromatic rings. The molecule has 0 bridgehead atoms. The molecule has 1 heteroatoms. The molecule has 0 unspecified atom stereocenters. The zero-order valence-corrected chi connectivity index (χ0v) is 8.70. The average molecular weight is 189 g/mol. The quantitative estimate of drug-likeness (QED) is 0.620. The van der Waals surface area contributed by atoms with E-state index in [0.29, 0.717) is 0 Å². The van der Waals surface area contributed by atoms with E-state index in [1.165, 1.54) is 12.8 Å². The summed E-state index contributed by atoms with van der Waals surface area (Å²) in [4.78, 5) is 0. The second kappa shape index (κ2) is 6.25. The highest BCUT2D eigenvalue weighted by atomic mass is 16.5. The van der Waals surface area contributed by atoms with Crippen molar-refractivity contribution in [1.29, 1.82) is 0 Å². The molecule has 0 aliphatic heterocycles. The standard InChI is InChI=1S/C13H17O/c1-3-5-8-11-14-13-10-7-6-9-12(13)4-2/h2,4,6-7,9-10H,3,5,8,11H2,1H3. The van der Waals surface area contributed by atoms with Gasteiger partial charge in [0.1, 0.15) is 5.75 Å². The van der Waals surface area contributed by atoms with Crippen molar-refractivity contribution in [3.05, 3.63) is 36.4 Å². The fraction of sp³-hybridized carbons (Fsp3) is 0.385. The van der Waals surface area contributed by atoms with Crippen molar-refractivity contribution in [2.24, 2.45) is 0 Å². The topological polar surface area (TPSA) is 9.23 Å². The van der Waals surface area contributed by atoms with E-state index in [9.17, 15) is 0 Å². The zero-order valence-electron chi connectivity index (χ0n) is 8.70. The fourth-order valence-corrected chi connectivity index (χ4v) is 1.28. The monoisotopic (exact) mass is 189 g/mol. The van der Waals surface area contributed by atoms with E-state index < -0.39 is 0 Å². The number of rotatable bonds is 6. The van der Waals surface area contributed by atoms with Crippen LogP contribution in [0.2, 0.25) is 0 Å². The summed E-state index contributed by atoms with van der Waals surface area (Å²) in [7, 11) is 0. The van der Waals surface area contributed by atoms with Gasteiger partial charge in [-0.2, -0.15) is 0 Å². The summed E-state index contributed by atoms with van der Waals surface area (Å²) in [5, 5.41) is 0. The number of benzene rings is 1. The van der Waals surface area contributed by atoms with Crippen molar-refractivity contribution in [2.75, 3.05) is 6.61 Å². The van der Waals surface area contributed by atoms with Gasteiger partial charge in [-0.05, 0) is 12.5 Å². The van der Waals surface area contributed by atoms with Crippen LogP contribution in [0.25, 0.3) is 6.08 Å². The SMILES string of the molecule is [CH]=Cc1ccccc1OCCCCC. The van der Waals surface area contributed by atoms with Gasteiger partial charge in [0, 0.05) is 5.56 Å². The van der Waals surface area contributed by atoms with E-state index >= 15 is 0 Å². The van der Waals surface area contributed by atoms with E-state index in [4.69, 9.17) is 11.3 Å². The molecule has 1 nitrogen and oxygen atoms in total. The predicted molar refractivity (Wildman–Crippen MR) is 60.2 cm³/mol. The lowest BCUT2D eigenvalue weighted by Gasteiger charge is -2.08. The second-order valence-corrected chi connectivity index (χ2v) is 3.26. The first kappa shape index (κ1) is 10.8. The molecule has 0 saturated heterocycles. The Morgan fingerprint density at radius 3 is 2.79 bits per heavy atom. The summed E-state index contributed by atoms with van der Waals surface area (Å²) in [6.07, 6.45) is 5.12. The molecule has 0 amide bonds. The molecule has 1 aromatic carbocycles. The maximum Gasteiger partial charge on any atom is 0.126 e. The van der Waals surface area contributed by atoms with E-state index in [0.717, 1.165) is 24.3 Å². The Morgan fingerprint density at radius 1 is 1.29 bits per heavy atom. The van der Waals surface area contributed by atoms with Gasteiger partial charge < -0.3 is 4.74 Å². The van der Waals surface area contributed by atoms with Crippen LogP contribution >= 0.6 is 0 Å². The summed E-state index contributed by atoms with van der Waals surface area (Å²) in [5.41, 5.74) is 0.962. The third kappa shape index (κ3) is 3.25. The van der Waals surface area contributed by atoms with Crippen LogP contribution in [0, 0.1) is 6.58 Å². The molecule has 0 saturated carbocycles. The first-order valence-electron chi connectivity index (χ1n) is 5.15. The molecular weight excluding hydrogens is 172 g/mol. The molecule has 14 heavy (non-hydrogen) atoms. The minimum atomic E-state index is 0.776. The van der Waals surface area contributed by atoms with E-state index in [-0.39, 0.29) is 0 Å². The molecule has 0 atom stereocenters. The predicted octanol–water partition coefficient (Wildman–Crippen LogP) is 3.70. The van der Waals surface area contributed by atoms with E-state index in [1.54, 1.807) is 6.08 Å². The Hall–Kier alpha value is -1.24. The molecule has 0 aliphatic carbocycles. The van der Waals surface area contributed by atoms with Gasteiger partial charge in [-0.3, -0.25) is 0 Å². The molecule has 0 spiro atoms. The summed E-state index contributed by atoms with van der Waals surface area (Å²) >= 11 is 0. The highest BCUT2D eigenvalue weighted by molar-refractivity contribution is 5.54. The van der Waals surface area contributed by atoms with Crippen molar-refractivity contribution in [3.8, 4) is 5.75 Å². The van der Waals surface area contributed by atoms with E-state index in [1.807, 2.05) is 24.3 Å². The number of hydrogen-bond donors (Lipinski definition) is 0. The maximum atomic E-state index is 5.62. The number of hydrogen-bond acceptors (Lipinski definition) is 1. The van der Waals surface area contributed by atoms with Gasteiger partial charge in [-0.25, -0.2) is 0 Å². The smallest absolute Gasteiger partial charge is 0.126 e. The lowest BCUT2D eigenvalue weighted by atomic mass is 10.2. The third-order valence-electron chi connectivity index (χ3n) is 2.10. The Kier molecular flexibility index (Phi) is 4.84. The Balaban J connectivity index is 2.45. The zero-order chi connectivity index (χ0) is 10.2. The first-order chi connectivity index (χ1) is 6.88. The number of unbranched alkanes of at least 4 members (excludes halogenated alkanes) is 2. The maximum absolute atomic E-state index is 5.62. The average Bonchev–Trinajstić information content (AvgIpc) is 2.25.